The van der Waals surface area contributed by atoms with Crippen LogP contribution in [0, 0.1) is 5.82 Å². The van der Waals surface area contributed by atoms with Gasteiger partial charge >= 0.3 is 5.97 Å². The monoisotopic (exact) mass is 229 g/mol. The van der Waals surface area contributed by atoms with E-state index in [1.165, 1.54) is 19.4 Å². The van der Waals surface area contributed by atoms with Crippen LogP contribution in [0.2, 0.25) is 5.15 Å². The normalized spacial score (nSPS) is 10.6. The first-order valence-corrected chi connectivity index (χ1v) is 4.55. The molecule has 0 aliphatic heterocycles. The van der Waals surface area contributed by atoms with Crippen molar-refractivity contribution in [2.24, 2.45) is 0 Å². The van der Waals surface area contributed by atoms with Crippen LogP contribution in [0.3, 0.4) is 0 Å². The number of nitrogens with zero attached hydrogens (tertiary/aromatic N) is 1. The van der Waals surface area contributed by atoms with Gasteiger partial charge in [0.25, 0.3) is 0 Å². The molecule has 0 amide bonds. The van der Waals surface area contributed by atoms with Gasteiger partial charge in [0.15, 0.2) is 11.0 Å². The minimum Gasteiger partial charge on any atom is -0.469 e. The molecule has 0 N–H and O–H groups in total. The quantitative estimate of drug-likeness (QED) is 0.590. The highest BCUT2D eigenvalue weighted by molar-refractivity contribution is 6.29. The summed E-state index contributed by atoms with van der Waals surface area (Å²) in [5, 5.41) is -0.167. The maximum absolute atomic E-state index is 12.9. The molecule has 0 unspecified atom stereocenters. The number of hydrogen-bond donors (Lipinski definition) is 0. The molecule has 0 aromatic carbocycles. The van der Waals surface area contributed by atoms with E-state index in [-0.39, 0.29) is 17.5 Å². The van der Waals surface area contributed by atoms with Crippen LogP contribution >= 0.6 is 11.6 Å². The van der Waals surface area contributed by atoms with Gasteiger partial charge in [-0.05, 0) is 11.6 Å². The largest absolute Gasteiger partial charge is 0.469 e. The van der Waals surface area contributed by atoms with Crippen LogP contribution < -0.4 is 0 Å². The van der Waals surface area contributed by atoms with Gasteiger partial charge in [-0.15, -0.1) is 0 Å². The van der Waals surface area contributed by atoms with Gasteiger partial charge < -0.3 is 4.74 Å². The van der Waals surface area contributed by atoms with E-state index >= 15 is 0 Å². The second-order valence-electron chi connectivity index (χ2n) is 2.72. The Hall–Kier alpha value is -1.42. The van der Waals surface area contributed by atoms with Gasteiger partial charge in [-0.1, -0.05) is 23.8 Å². The van der Waals surface area contributed by atoms with Crippen molar-refractivity contribution in [1.29, 1.82) is 0 Å². The lowest BCUT2D eigenvalue weighted by molar-refractivity contribution is -0.139. The van der Waals surface area contributed by atoms with E-state index in [9.17, 15) is 9.18 Å². The van der Waals surface area contributed by atoms with Gasteiger partial charge in [0.2, 0.25) is 0 Å². The molecule has 0 fully saturated rings. The molecule has 0 aliphatic carbocycles. The molecule has 0 saturated carbocycles. The minimum absolute atomic E-state index is 0.140. The summed E-state index contributed by atoms with van der Waals surface area (Å²) >= 11 is 5.40. The molecule has 0 atom stereocenters. The molecule has 15 heavy (non-hydrogen) atoms. The third kappa shape index (κ3) is 3.67. The molecule has 0 aliphatic rings. The van der Waals surface area contributed by atoms with E-state index in [1.807, 2.05) is 0 Å². The second-order valence-corrected chi connectivity index (χ2v) is 3.08. The Labute approximate surface area is 91.5 Å². The maximum Gasteiger partial charge on any atom is 0.309 e. The number of halogens is 2. The van der Waals surface area contributed by atoms with Gasteiger partial charge in [-0.3, -0.25) is 4.79 Å². The maximum atomic E-state index is 12.9. The predicted molar refractivity (Wildman–Crippen MR) is 54.9 cm³/mol. The summed E-state index contributed by atoms with van der Waals surface area (Å²) in [6.45, 7) is 0. The summed E-state index contributed by atoms with van der Waals surface area (Å²) in [7, 11) is 1.31. The molecule has 80 valence electrons. The Morgan fingerprint density at radius 2 is 2.47 bits per heavy atom. The van der Waals surface area contributed by atoms with Crippen molar-refractivity contribution in [3.05, 3.63) is 34.9 Å². The molecule has 0 saturated heterocycles. The van der Waals surface area contributed by atoms with Crippen molar-refractivity contribution in [2.45, 2.75) is 6.42 Å². The third-order valence-electron chi connectivity index (χ3n) is 1.64. The molecule has 3 nitrogen and oxygen atoms in total. The fraction of sp³-hybridized carbons (Fsp3) is 0.200. The number of ether oxygens (including phenoxy) is 1. The van der Waals surface area contributed by atoms with Crippen molar-refractivity contribution in [2.75, 3.05) is 7.11 Å². The molecule has 1 heterocycles. The average molecular weight is 230 g/mol. The van der Waals surface area contributed by atoms with Crippen LogP contribution in [-0.2, 0) is 9.53 Å². The Balaban J connectivity index is 2.65. The summed E-state index contributed by atoms with van der Waals surface area (Å²) in [5.41, 5.74) is 0.542. The van der Waals surface area contributed by atoms with Gasteiger partial charge in [-0.25, -0.2) is 9.37 Å². The molecular weight excluding hydrogens is 221 g/mol. The van der Waals surface area contributed by atoms with E-state index in [1.54, 1.807) is 12.2 Å². The Bertz CT molecular complexity index is 393. The molecule has 1 aromatic rings. The fourth-order valence-electron chi connectivity index (χ4n) is 0.902. The SMILES string of the molecule is COC(=O)CC=Cc1cnc(Cl)c(F)c1. The van der Waals surface area contributed by atoms with Crippen LogP contribution in [0.25, 0.3) is 6.08 Å². The zero-order chi connectivity index (χ0) is 11.3. The molecule has 1 aromatic heterocycles. The van der Waals surface area contributed by atoms with E-state index < -0.39 is 5.82 Å². The van der Waals surface area contributed by atoms with Crippen molar-refractivity contribution in [1.82, 2.24) is 4.98 Å². The highest BCUT2D eigenvalue weighted by Gasteiger charge is 2.00. The highest BCUT2D eigenvalue weighted by Crippen LogP contribution is 2.13. The van der Waals surface area contributed by atoms with Crippen molar-refractivity contribution in [3.8, 4) is 0 Å². The molecular formula is C10H9ClFNO2. The van der Waals surface area contributed by atoms with Gasteiger partial charge in [0.05, 0.1) is 13.5 Å². The smallest absolute Gasteiger partial charge is 0.309 e. The highest BCUT2D eigenvalue weighted by atomic mass is 35.5. The number of rotatable bonds is 3. The van der Waals surface area contributed by atoms with Gasteiger partial charge in [0, 0.05) is 6.20 Å². The van der Waals surface area contributed by atoms with Crippen LogP contribution in [0.1, 0.15) is 12.0 Å². The summed E-state index contributed by atoms with van der Waals surface area (Å²) in [6, 6.07) is 1.24. The minimum atomic E-state index is -0.586. The molecule has 0 bridgehead atoms. The van der Waals surface area contributed by atoms with Gasteiger partial charge in [0.1, 0.15) is 0 Å². The van der Waals surface area contributed by atoms with E-state index in [4.69, 9.17) is 11.6 Å². The Kier molecular flexibility index (Phi) is 4.24. The summed E-state index contributed by atoms with van der Waals surface area (Å²) in [5.74, 6) is -0.939. The first kappa shape index (κ1) is 11.7. The zero-order valence-corrected chi connectivity index (χ0v) is 8.79. The summed E-state index contributed by atoms with van der Waals surface area (Å²) in [4.78, 5) is 14.4. The second kappa shape index (κ2) is 5.46. The fourth-order valence-corrected chi connectivity index (χ4v) is 1.01. The van der Waals surface area contributed by atoms with Crippen LogP contribution in [0.5, 0.6) is 0 Å². The third-order valence-corrected chi connectivity index (χ3v) is 1.92. The van der Waals surface area contributed by atoms with E-state index in [0.29, 0.717) is 5.56 Å². The lowest BCUT2D eigenvalue weighted by Gasteiger charge is -1.95. The number of pyridine rings is 1. The number of hydrogen-bond acceptors (Lipinski definition) is 3. The Morgan fingerprint density at radius 1 is 1.73 bits per heavy atom. The van der Waals surface area contributed by atoms with E-state index in [2.05, 4.69) is 9.72 Å². The number of aromatic nitrogens is 1. The number of carbonyl (C=O) groups excluding carboxylic acids is 1. The number of esters is 1. The lowest BCUT2D eigenvalue weighted by Crippen LogP contribution is -1.96. The van der Waals surface area contributed by atoms with Crippen molar-refractivity contribution < 1.29 is 13.9 Å². The molecule has 0 radical (unpaired) electrons. The number of carbonyl (C=O) groups is 1. The first-order valence-electron chi connectivity index (χ1n) is 4.18. The van der Waals surface area contributed by atoms with Crippen molar-refractivity contribution >= 4 is 23.6 Å². The lowest BCUT2D eigenvalue weighted by atomic mass is 10.2. The standard InChI is InChI=1S/C10H9ClFNO2/c1-15-9(14)4-2-3-7-5-8(12)10(11)13-6-7/h2-3,5-6H,4H2,1H3. The van der Waals surface area contributed by atoms with Crippen molar-refractivity contribution in [3.63, 3.8) is 0 Å². The van der Waals surface area contributed by atoms with Crippen LogP contribution in [0.15, 0.2) is 18.3 Å². The molecule has 0 spiro atoms. The van der Waals surface area contributed by atoms with Crippen LogP contribution in [0.4, 0.5) is 4.39 Å². The summed E-state index contributed by atoms with van der Waals surface area (Å²) < 4.78 is 17.3. The topological polar surface area (TPSA) is 39.2 Å². The predicted octanol–water partition coefficient (Wildman–Crippen LogP) is 2.45. The first-order chi connectivity index (χ1) is 7.13. The van der Waals surface area contributed by atoms with E-state index in [0.717, 1.165) is 0 Å². The summed E-state index contributed by atoms with van der Waals surface area (Å²) in [6.07, 6.45) is 4.69. The average Bonchev–Trinajstić information content (AvgIpc) is 2.23. The number of methoxy groups -OCH3 is 1. The molecule has 5 heteroatoms. The van der Waals surface area contributed by atoms with Gasteiger partial charge in [-0.2, -0.15) is 0 Å². The zero-order valence-electron chi connectivity index (χ0n) is 8.04. The van der Waals surface area contributed by atoms with Crippen LogP contribution in [-0.4, -0.2) is 18.1 Å². The molecule has 1 rings (SSSR count). The Morgan fingerprint density at radius 3 is 3.07 bits per heavy atom.